The number of amides is 1. The Labute approximate surface area is 170 Å². The molecule has 0 bridgehead atoms. The molecule has 0 aliphatic carbocycles. The van der Waals surface area contributed by atoms with Crippen molar-refractivity contribution in [3.8, 4) is 0 Å². The molecule has 6 nitrogen and oxygen atoms in total. The normalized spacial score (nSPS) is 16.9. The summed E-state index contributed by atoms with van der Waals surface area (Å²) in [6.07, 6.45) is 1.65. The van der Waals surface area contributed by atoms with Crippen molar-refractivity contribution in [1.82, 2.24) is 14.0 Å². The van der Waals surface area contributed by atoms with Crippen molar-refractivity contribution >= 4 is 17.1 Å². The average molecular weight is 393 g/mol. The van der Waals surface area contributed by atoms with Gasteiger partial charge < -0.3 is 9.64 Å². The zero-order chi connectivity index (χ0) is 20.2. The number of para-hydroxylation sites is 2. The maximum absolute atomic E-state index is 12.9. The van der Waals surface area contributed by atoms with Gasteiger partial charge in [0.2, 0.25) is 0 Å². The second-order valence-corrected chi connectivity index (χ2v) is 7.62. The van der Waals surface area contributed by atoms with Crippen LogP contribution in [0.2, 0.25) is 0 Å². The quantitative estimate of drug-likeness (QED) is 0.661. The molecule has 0 N–H and O–H groups in total. The third kappa shape index (κ3) is 4.06. The first-order valence-corrected chi connectivity index (χ1v) is 10.3. The number of nitrogens with zero attached hydrogens (tertiary/aromatic N) is 3. The molecule has 0 radical (unpaired) electrons. The summed E-state index contributed by atoms with van der Waals surface area (Å²) in [7, 11) is 0. The summed E-state index contributed by atoms with van der Waals surface area (Å²) >= 11 is 0. The lowest BCUT2D eigenvalue weighted by molar-refractivity contribution is 0.0768. The smallest absolute Gasteiger partial charge is 0.410 e. The number of ether oxygens (including phenoxy) is 1. The Kier molecular flexibility index (Phi) is 5.69. The zero-order valence-corrected chi connectivity index (χ0v) is 16.8. The third-order valence-corrected chi connectivity index (χ3v) is 5.66. The number of carbonyl (C=O) groups is 1. The number of hydrogen-bond donors (Lipinski definition) is 0. The molecule has 6 heteroatoms. The van der Waals surface area contributed by atoms with Crippen LogP contribution in [-0.2, 0) is 24.4 Å². The summed E-state index contributed by atoms with van der Waals surface area (Å²) < 4.78 is 9.17. The number of aryl methyl sites for hydroxylation is 1. The molecule has 0 saturated carbocycles. The van der Waals surface area contributed by atoms with E-state index < -0.39 is 0 Å². The molecule has 1 aliphatic rings. The Bertz CT molecular complexity index is 1040. The number of imidazole rings is 1. The maximum atomic E-state index is 12.9. The fourth-order valence-electron chi connectivity index (χ4n) is 4.20. The zero-order valence-electron chi connectivity index (χ0n) is 16.8. The van der Waals surface area contributed by atoms with E-state index in [0.29, 0.717) is 26.2 Å². The summed E-state index contributed by atoms with van der Waals surface area (Å²) in [5.74, 6) is 0.238. The average Bonchev–Trinajstić information content (AvgIpc) is 3.04. The molecule has 29 heavy (non-hydrogen) atoms. The SMILES string of the molecule is CCn1c(=O)n(CC2CCCN(C(=O)OCc3ccccc3)C2)c2ccccc21. The van der Waals surface area contributed by atoms with Crippen molar-refractivity contribution in [1.29, 1.82) is 0 Å². The minimum absolute atomic E-state index is 0.0254. The first-order valence-electron chi connectivity index (χ1n) is 10.3. The minimum atomic E-state index is -0.276. The van der Waals surface area contributed by atoms with Crippen LogP contribution in [0.1, 0.15) is 25.3 Å². The number of carbonyl (C=O) groups excluding carboxylic acids is 1. The van der Waals surface area contributed by atoms with Gasteiger partial charge in [-0.15, -0.1) is 0 Å². The lowest BCUT2D eigenvalue weighted by Crippen LogP contribution is -2.42. The van der Waals surface area contributed by atoms with Gasteiger partial charge in [-0.05, 0) is 43.4 Å². The number of piperidine rings is 1. The monoisotopic (exact) mass is 393 g/mol. The van der Waals surface area contributed by atoms with Crippen LogP contribution < -0.4 is 5.69 Å². The molecular formula is C23H27N3O3. The van der Waals surface area contributed by atoms with E-state index in [1.807, 2.05) is 70.7 Å². The highest BCUT2D eigenvalue weighted by atomic mass is 16.6. The topological polar surface area (TPSA) is 56.5 Å². The lowest BCUT2D eigenvalue weighted by Gasteiger charge is -2.32. The molecule has 4 rings (SSSR count). The van der Waals surface area contributed by atoms with Gasteiger partial charge >= 0.3 is 11.8 Å². The molecule has 152 valence electrons. The minimum Gasteiger partial charge on any atom is -0.445 e. The third-order valence-electron chi connectivity index (χ3n) is 5.66. The van der Waals surface area contributed by atoms with Gasteiger partial charge in [0.15, 0.2) is 0 Å². The van der Waals surface area contributed by atoms with Crippen LogP contribution >= 0.6 is 0 Å². The van der Waals surface area contributed by atoms with Crippen molar-refractivity contribution in [2.45, 2.75) is 39.5 Å². The van der Waals surface area contributed by atoms with Gasteiger partial charge in [-0.25, -0.2) is 9.59 Å². The van der Waals surface area contributed by atoms with E-state index in [-0.39, 0.29) is 24.3 Å². The molecule has 1 fully saturated rings. The number of likely N-dealkylation sites (tertiary alicyclic amines) is 1. The molecule has 3 aromatic rings. The fourth-order valence-corrected chi connectivity index (χ4v) is 4.20. The Morgan fingerprint density at radius 1 is 1.03 bits per heavy atom. The molecule has 2 heterocycles. The van der Waals surface area contributed by atoms with Gasteiger partial charge in [-0.3, -0.25) is 9.13 Å². The van der Waals surface area contributed by atoms with Gasteiger partial charge in [0, 0.05) is 26.2 Å². The lowest BCUT2D eigenvalue weighted by atomic mass is 9.98. The van der Waals surface area contributed by atoms with Gasteiger partial charge in [0.1, 0.15) is 6.61 Å². The molecule has 1 saturated heterocycles. The summed E-state index contributed by atoms with van der Waals surface area (Å²) in [6, 6.07) is 17.6. The Hall–Kier alpha value is -3.02. The predicted octanol–water partition coefficient (Wildman–Crippen LogP) is 3.87. The molecule has 0 spiro atoms. The summed E-state index contributed by atoms with van der Waals surface area (Å²) in [5, 5.41) is 0. The van der Waals surface area contributed by atoms with Crippen LogP contribution in [0.25, 0.3) is 11.0 Å². The van der Waals surface area contributed by atoms with E-state index in [0.717, 1.165) is 29.4 Å². The van der Waals surface area contributed by atoms with E-state index in [4.69, 9.17) is 4.74 Å². The molecule has 1 aromatic heterocycles. The second kappa shape index (κ2) is 8.55. The number of hydrogen-bond acceptors (Lipinski definition) is 3. The summed E-state index contributed by atoms with van der Waals surface area (Å²) in [6.45, 7) is 4.86. The van der Waals surface area contributed by atoms with Gasteiger partial charge in [-0.2, -0.15) is 0 Å². The van der Waals surface area contributed by atoms with E-state index >= 15 is 0 Å². The molecule has 1 amide bonds. The van der Waals surface area contributed by atoms with Crippen LogP contribution in [0.5, 0.6) is 0 Å². The first-order chi connectivity index (χ1) is 14.2. The molecule has 1 aliphatic heterocycles. The highest BCUT2D eigenvalue weighted by Gasteiger charge is 2.26. The summed E-state index contributed by atoms with van der Waals surface area (Å²) in [4.78, 5) is 27.2. The van der Waals surface area contributed by atoms with Crippen LogP contribution in [-0.4, -0.2) is 33.2 Å². The molecule has 1 atom stereocenters. The van der Waals surface area contributed by atoms with E-state index in [9.17, 15) is 9.59 Å². The molecular weight excluding hydrogens is 366 g/mol. The first kappa shape index (κ1) is 19.3. The standard InChI is InChI=1S/C23H27N3O3/c1-2-25-20-12-6-7-13-21(20)26(22(25)27)16-19-11-8-14-24(15-19)23(28)29-17-18-9-4-3-5-10-18/h3-7,9-10,12-13,19H,2,8,11,14-17H2,1H3. The number of fused-ring (bicyclic) bond motifs is 1. The van der Waals surface area contributed by atoms with Crippen LogP contribution in [0.4, 0.5) is 4.79 Å². The summed E-state index contributed by atoms with van der Waals surface area (Å²) in [5.41, 5.74) is 2.93. The molecule has 2 aromatic carbocycles. The van der Waals surface area contributed by atoms with Crippen molar-refractivity contribution < 1.29 is 9.53 Å². The van der Waals surface area contributed by atoms with Crippen molar-refractivity contribution in [3.63, 3.8) is 0 Å². The van der Waals surface area contributed by atoms with Crippen molar-refractivity contribution in [2.24, 2.45) is 5.92 Å². The Morgan fingerprint density at radius 3 is 2.45 bits per heavy atom. The van der Waals surface area contributed by atoms with Crippen LogP contribution in [0.15, 0.2) is 59.4 Å². The van der Waals surface area contributed by atoms with E-state index in [2.05, 4.69) is 0 Å². The fraction of sp³-hybridized carbons (Fsp3) is 0.391. The number of aromatic nitrogens is 2. The van der Waals surface area contributed by atoms with Crippen LogP contribution in [0, 0.1) is 5.92 Å². The number of rotatable bonds is 5. The second-order valence-electron chi connectivity index (χ2n) is 7.62. The van der Waals surface area contributed by atoms with Crippen LogP contribution in [0.3, 0.4) is 0 Å². The Morgan fingerprint density at radius 2 is 1.72 bits per heavy atom. The highest BCUT2D eigenvalue weighted by Crippen LogP contribution is 2.21. The predicted molar refractivity (Wildman–Crippen MR) is 113 cm³/mol. The van der Waals surface area contributed by atoms with Gasteiger partial charge in [0.25, 0.3) is 0 Å². The number of benzene rings is 2. The van der Waals surface area contributed by atoms with E-state index in [1.54, 1.807) is 4.90 Å². The maximum Gasteiger partial charge on any atom is 0.410 e. The highest BCUT2D eigenvalue weighted by molar-refractivity contribution is 5.76. The Balaban J connectivity index is 1.44. The van der Waals surface area contributed by atoms with Gasteiger partial charge in [0.05, 0.1) is 11.0 Å². The molecule has 1 unspecified atom stereocenters. The van der Waals surface area contributed by atoms with Gasteiger partial charge in [-0.1, -0.05) is 42.5 Å². The van der Waals surface area contributed by atoms with Crippen molar-refractivity contribution in [3.05, 3.63) is 70.6 Å². The largest absolute Gasteiger partial charge is 0.445 e. The van der Waals surface area contributed by atoms with Crippen molar-refractivity contribution in [2.75, 3.05) is 13.1 Å². The van der Waals surface area contributed by atoms with E-state index in [1.165, 1.54) is 0 Å².